The second-order valence-corrected chi connectivity index (χ2v) is 8.17. The van der Waals surface area contributed by atoms with E-state index in [1.54, 1.807) is 12.1 Å². The molecule has 1 heterocycles. The van der Waals surface area contributed by atoms with E-state index in [-0.39, 0.29) is 17.6 Å². The van der Waals surface area contributed by atoms with E-state index in [1.165, 1.54) is 11.6 Å². The molecule has 0 spiro atoms. The fourth-order valence-electron chi connectivity index (χ4n) is 4.55. The minimum absolute atomic E-state index is 0.0448. The quantitative estimate of drug-likeness (QED) is 0.554. The number of amides is 1. The van der Waals surface area contributed by atoms with Gasteiger partial charge in [-0.1, -0.05) is 12.8 Å². The molecule has 1 fully saturated rings. The summed E-state index contributed by atoms with van der Waals surface area (Å²) in [4.78, 5) is 17.1. The molecular weight excluding hydrogens is 375 g/mol. The summed E-state index contributed by atoms with van der Waals surface area (Å²) in [6, 6.07) is 14.1. The number of hydrogen-bond donors (Lipinski definition) is 1. The normalized spacial score (nSPS) is 19.8. The molecule has 1 aromatic heterocycles. The highest BCUT2D eigenvalue weighted by Gasteiger charge is 2.30. The maximum Gasteiger partial charge on any atom is 0.227 e. The summed E-state index contributed by atoms with van der Waals surface area (Å²) >= 11 is 0. The third-order valence-corrected chi connectivity index (χ3v) is 6.39. The molecule has 4 rings (SSSR count). The highest BCUT2D eigenvalue weighted by Crippen LogP contribution is 2.41. The highest BCUT2D eigenvalue weighted by molar-refractivity contribution is 5.92. The number of anilines is 1. The Bertz CT molecular complexity index is 1090. The smallest absolute Gasteiger partial charge is 0.227 e. The Balaban J connectivity index is 1.40. The number of halogens is 1. The van der Waals surface area contributed by atoms with Crippen molar-refractivity contribution in [2.75, 3.05) is 5.32 Å². The minimum atomic E-state index is -0.231. The minimum Gasteiger partial charge on any atom is -0.326 e. The lowest BCUT2D eigenvalue weighted by Crippen LogP contribution is -2.29. The van der Waals surface area contributed by atoms with Gasteiger partial charge in [-0.2, -0.15) is 0 Å². The molecule has 3 aromatic rings. The van der Waals surface area contributed by atoms with Gasteiger partial charge in [0.1, 0.15) is 5.82 Å². The van der Waals surface area contributed by atoms with Crippen molar-refractivity contribution in [2.24, 2.45) is 11.8 Å². The van der Waals surface area contributed by atoms with Crippen LogP contribution in [0.4, 0.5) is 10.1 Å². The monoisotopic (exact) mass is 400 g/mol. The first-order valence-corrected chi connectivity index (χ1v) is 10.5. The van der Waals surface area contributed by atoms with E-state index in [0.717, 1.165) is 47.8 Å². The molecule has 2 aromatic carbocycles. The highest BCUT2D eigenvalue weighted by atomic mass is 19.1. The summed E-state index contributed by atoms with van der Waals surface area (Å²) in [5, 5.41) is 3.91. The molecule has 1 amide bonds. The number of terminal acetylenes is 1. The van der Waals surface area contributed by atoms with Gasteiger partial charge in [0.25, 0.3) is 0 Å². The number of fused-ring (bicyclic) bond motifs is 1. The van der Waals surface area contributed by atoms with Gasteiger partial charge in [0.15, 0.2) is 0 Å². The number of carbonyl (C=O) groups is 1. The number of pyridine rings is 1. The molecule has 0 bridgehead atoms. The van der Waals surface area contributed by atoms with Gasteiger partial charge in [-0.3, -0.25) is 9.78 Å². The van der Waals surface area contributed by atoms with Crippen LogP contribution in [0.2, 0.25) is 0 Å². The maximum absolute atomic E-state index is 13.8. The van der Waals surface area contributed by atoms with Crippen LogP contribution >= 0.6 is 0 Å². The fourth-order valence-corrected chi connectivity index (χ4v) is 4.55. The Morgan fingerprint density at radius 3 is 2.57 bits per heavy atom. The zero-order chi connectivity index (χ0) is 21.1. The van der Waals surface area contributed by atoms with Crippen LogP contribution in [0, 0.1) is 30.0 Å². The van der Waals surface area contributed by atoms with Gasteiger partial charge in [0, 0.05) is 28.8 Å². The Labute approximate surface area is 176 Å². The van der Waals surface area contributed by atoms with Crippen molar-refractivity contribution in [2.45, 2.75) is 38.5 Å². The lowest BCUT2D eigenvalue weighted by molar-refractivity contribution is -0.121. The summed E-state index contributed by atoms with van der Waals surface area (Å²) in [7, 11) is 0. The summed E-state index contributed by atoms with van der Waals surface area (Å²) in [6.45, 7) is 2.01. The number of nitrogens with one attached hydrogen (secondary N) is 1. The summed E-state index contributed by atoms with van der Waals surface area (Å²) in [5.41, 5.74) is 3.57. The second-order valence-electron chi connectivity index (χ2n) is 8.17. The lowest BCUT2D eigenvalue weighted by atomic mass is 9.73. The number of aromatic nitrogens is 1. The van der Waals surface area contributed by atoms with Crippen molar-refractivity contribution in [3.63, 3.8) is 0 Å². The molecule has 1 saturated carbocycles. The molecule has 1 atom stereocenters. The first-order valence-electron chi connectivity index (χ1n) is 10.5. The van der Waals surface area contributed by atoms with Gasteiger partial charge in [-0.25, -0.2) is 4.39 Å². The van der Waals surface area contributed by atoms with E-state index < -0.39 is 0 Å². The maximum atomic E-state index is 13.8. The molecule has 0 saturated heterocycles. The number of nitrogens with zero attached hydrogens (tertiary/aromatic N) is 1. The number of rotatable bonds is 4. The van der Waals surface area contributed by atoms with E-state index in [1.807, 2.05) is 43.5 Å². The van der Waals surface area contributed by atoms with Crippen LogP contribution in [-0.4, -0.2) is 10.9 Å². The second kappa shape index (κ2) is 8.67. The van der Waals surface area contributed by atoms with Gasteiger partial charge in [-0.05, 0) is 91.6 Å². The van der Waals surface area contributed by atoms with Crippen LogP contribution in [0.25, 0.3) is 10.9 Å². The number of hydrogen-bond acceptors (Lipinski definition) is 2. The van der Waals surface area contributed by atoms with E-state index in [9.17, 15) is 9.18 Å². The van der Waals surface area contributed by atoms with Crippen LogP contribution in [0.3, 0.4) is 0 Å². The first-order chi connectivity index (χ1) is 14.5. The van der Waals surface area contributed by atoms with Crippen molar-refractivity contribution >= 4 is 22.5 Å². The van der Waals surface area contributed by atoms with Crippen LogP contribution < -0.4 is 5.32 Å². The van der Waals surface area contributed by atoms with Gasteiger partial charge in [-0.15, -0.1) is 6.42 Å². The van der Waals surface area contributed by atoms with Crippen LogP contribution in [0.5, 0.6) is 0 Å². The zero-order valence-electron chi connectivity index (χ0n) is 17.1. The molecule has 0 aliphatic heterocycles. The zero-order valence-corrected chi connectivity index (χ0v) is 17.1. The first kappa shape index (κ1) is 20.1. The molecule has 1 aliphatic rings. The average Bonchev–Trinajstić information content (AvgIpc) is 2.78. The van der Waals surface area contributed by atoms with Crippen molar-refractivity contribution < 1.29 is 9.18 Å². The predicted octanol–water partition coefficient (Wildman–Crippen LogP) is 5.90. The molecule has 3 nitrogen and oxygen atoms in total. The van der Waals surface area contributed by atoms with Crippen LogP contribution in [-0.2, 0) is 4.79 Å². The van der Waals surface area contributed by atoms with E-state index in [0.29, 0.717) is 11.8 Å². The van der Waals surface area contributed by atoms with Crippen molar-refractivity contribution in [3.8, 4) is 12.3 Å². The van der Waals surface area contributed by atoms with Crippen molar-refractivity contribution in [1.82, 2.24) is 4.98 Å². The molecule has 1 aliphatic carbocycles. The molecular formula is C26H25FN2O. The Morgan fingerprint density at radius 1 is 1.13 bits per heavy atom. The van der Waals surface area contributed by atoms with Crippen LogP contribution in [0.1, 0.15) is 49.7 Å². The molecule has 4 heteroatoms. The Kier molecular flexibility index (Phi) is 5.81. The summed E-state index contributed by atoms with van der Waals surface area (Å²) in [5.74, 6) is 3.04. The standard InChI is InChI=1S/C26H25FN2O/c1-3-18-4-11-22(12-5-18)29-26(30)17(2)19-6-8-20(9-7-19)23-14-15-28-25-13-10-21(27)16-24(23)25/h1,4-5,10-17,19-20H,6-9H2,2H3,(H,29,30)/t17-,19?,20?/m1/s1. The average molecular weight is 400 g/mol. The predicted molar refractivity (Wildman–Crippen MR) is 119 cm³/mol. The molecule has 152 valence electrons. The lowest BCUT2D eigenvalue weighted by Gasteiger charge is -2.32. The van der Waals surface area contributed by atoms with Crippen LogP contribution in [0.15, 0.2) is 54.7 Å². The van der Waals surface area contributed by atoms with E-state index in [4.69, 9.17) is 6.42 Å². The number of carbonyl (C=O) groups excluding carboxylic acids is 1. The summed E-state index contributed by atoms with van der Waals surface area (Å²) in [6.07, 6.45) is 11.1. The molecule has 0 radical (unpaired) electrons. The third-order valence-electron chi connectivity index (χ3n) is 6.39. The third kappa shape index (κ3) is 4.21. The molecule has 1 N–H and O–H groups in total. The SMILES string of the molecule is C#Cc1ccc(NC(=O)[C@H](C)C2CCC(c3ccnc4ccc(F)cc34)CC2)cc1. The van der Waals surface area contributed by atoms with Crippen molar-refractivity contribution in [1.29, 1.82) is 0 Å². The number of benzene rings is 2. The topological polar surface area (TPSA) is 42.0 Å². The van der Waals surface area contributed by atoms with Gasteiger partial charge in [0.05, 0.1) is 5.52 Å². The Hall–Kier alpha value is -3.19. The molecule has 0 unspecified atom stereocenters. The van der Waals surface area contributed by atoms with E-state index in [2.05, 4.69) is 16.2 Å². The molecule has 30 heavy (non-hydrogen) atoms. The van der Waals surface area contributed by atoms with Gasteiger partial charge >= 0.3 is 0 Å². The van der Waals surface area contributed by atoms with Crippen molar-refractivity contribution in [3.05, 3.63) is 71.7 Å². The Morgan fingerprint density at radius 2 is 1.87 bits per heavy atom. The largest absolute Gasteiger partial charge is 0.326 e. The van der Waals surface area contributed by atoms with Gasteiger partial charge in [0.2, 0.25) is 5.91 Å². The van der Waals surface area contributed by atoms with E-state index >= 15 is 0 Å². The van der Waals surface area contributed by atoms with Gasteiger partial charge < -0.3 is 5.32 Å². The summed E-state index contributed by atoms with van der Waals surface area (Å²) < 4.78 is 13.8. The fraction of sp³-hybridized carbons (Fsp3) is 0.308.